The van der Waals surface area contributed by atoms with Crippen molar-refractivity contribution in [1.29, 1.82) is 0 Å². The topological polar surface area (TPSA) is 78.9 Å². The summed E-state index contributed by atoms with van der Waals surface area (Å²) in [4.78, 5) is 20.2. The monoisotopic (exact) mass is 325 g/mol. The Kier molecular flexibility index (Phi) is 4.93. The van der Waals surface area contributed by atoms with Crippen molar-refractivity contribution in [1.82, 2.24) is 9.97 Å². The van der Waals surface area contributed by atoms with Gasteiger partial charge >= 0.3 is 0 Å². The van der Waals surface area contributed by atoms with E-state index >= 15 is 0 Å². The molecule has 1 aliphatic carbocycles. The standard InChI is InChI=1S/C18H23N5O/c1-12-10-17(23-18(19-12)22-14-6-3-4-7-14)21-16-9-5-8-15(11-16)20-13(2)24/h5,8-11,14H,3-4,6-7H2,1-2H3,(H,20,24)(H2,19,21,22,23). The van der Waals surface area contributed by atoms with Crippen molar-refractivity contribution >= 4 is 29.0 Å². The second kappa shape index (κ2) is 7.29. The summed E-state index contributed by atoms with van der Waals surface area (Å²) in [5.74, 6) is 1.32. The lowest BCUT2D eigenvalue weighted by Gasteiger charge is -2.14. The minimum atomic E-state index is -0.0897. The second-order valence-corrected chi connectivity index (χ2v) is 6.23. The number of aromatic nitrogens is 2. The minimum absolute atomic E-state index is 0.0897. The molecule has 6 nitrogen and oxygen atoms in total. The van der Waals surface area contributed by atoms with E-state index in [-0.39, 0.29) is 5.91 Å². The number of aryl methyl sites for hydroxylation is 1. The van der Waals surface area contributed by atoms with Gasteiger partial charge in [-0.2, -0.15) is 4.98 Å². The van der Waals surface area contributed by atoms with Crippen LogP contribution in [0.25, 0.3) is 0 Å². The van der Waals surface area contributed by atoms with Crippen LogP contribution in [0.3, 0.4) is 0 Å². The Morgan fingerprint density at radius 3 is 2.62 bits per heavy atom. The largest absolute Gasteiger partial charge is 0.351 e. The fourth-order valence-electron chi connectivity index (χ4n) is 2.98. The molecule has 1 saturated carbocycles. The first-order valence-electron chi connectivity index (χ1n) is 8.35. The van der Waals surface area contributed by atoms with Crippen LogP contribution in [-0.4, -0.2) is 21.9 Å². The van der Waals surface area contributed by atoms with Gasteiger partial charge in [-0.15, -0.1) is 0 Å². The smallest absolute Gasteiger partial charge is 0.225 e. The van der Waals surface area contributed by atoms with E-state index in [2.05, 4.69) is 25.9 Å². The van der Waals surface area contributed by atoms with Gasteiger partial charge in [-0.1, -0.05) is 18.9 Å². The van der Waals surface area contributed by atoms with Gasteiger partial charge in [0.05, 0.1) is 0 Å². The molecule has 0 spiro atoms. The van der Waals surface area contributed by atoms with Crippen molar-refractivity contribution in [2.24, 2.45) is 0 Å². The third-order valence-corrected chi connectivity index (χ3v) is 4.00. The molecule has 0 aliphatic heterocycles. The molecule has 0 bridgehead atoms. The Bertz CT molecular complexity index is 725. The van der Waals surface area contributed by atoms with Gasteiger partial charge in [0.25, 0.3) is 0 Å². The highest BCUT2D eigenvalue weighted by molar-refractivity contribution is 5.89. The zero-order valence-electron chi connectivity index (χ0n) is 14.1. The number of nitrogens with zero attached hydrogens (tertiary/aromatic N) is 2. The maximum atomic E-state index is 11.2. The Labute approximate surface area is 142 Å². The highest BCUT2D eigenvalue weighted by Crippen LogP contribution is 2.23. The third-order valence-electron chi connectivity index (χ3n) is 4.00. The van der Waals surface area contributed by atoms with Gasteiger partial charge in [-0.25, -0.2) is 4.98 Å². The lowest BCUT2D eigenvalue weighted by molar-refractivity contribution is -0.114. The summed E-state index contributed by atoms with van der Waals surface area (Å²) in [7, 11) is 0. The first-order chi connectivity index (χ1) is 11.6. The van der Waals surface area contributed by atoms with Crippen molar-refractivity contribution < 1.29 is 4.79 Å². The molecule has 1 aromatic heterocycles. The highest BCUT2D eigenvalue weighted by atomic mass is 16.1. The molecule has 3 N–H and O–H groups in total. The number of benzene rings is 1. The SMILES string of the molecule is CC(=O)Nc1cccc(Nc2cc(C)nc(NC3CCCC3)n2)c1. The van der Waals surface area contributed by atoms with Gasteiger partial charge in [0.2, 0.25) is 11.9 Å². The average Bonchev–Trinajstić information content (AvgIpc) is 2.99. The molecule has 0 unspecified atom stereocenters. The molecule has 2 aromatic rings. The fraction of sp³-hybridized carbons (Fsp3) is 0.389. The molecule has 0 saturated heterocycles. The number of carbonyl (C=O) groups excluding carboxylic acids is 1. The zero-order valence-corrected chi connectivity index (χ0v) is 14.1. The van der Waals surface area contributed by atoms with Crippen molar-refractivity contribution in [2.45, 2.75) is 45.6 Å². The van der Waals surface area contributed by atoms with Gasteiger partial charge in [0.15, 0.2) is 0 Å². The van der Waals surface area contributed by atoms with Gasteiger partial charge in [0.1, 0.15) is 5.82 Å². The van der Waals surface area contributed by atoms with E-state index in [4.69, 9.17) is 0 Å². The lowest BCUT2D eigenvalue weighted by Crippen LogP contribution is -2.17. The summed E-state index contributed by atoms with van der Waals surface area (Å²) in [5.41, 5.74) is 2.53. The third kappa shape index (κ3) is 4.44. The fourth-order valence-corrected chi connectivity index (χ4v) is 2.98. The molecule has 126 valence electrons. The van der Waals surface area contributed by atoms with Crippen LogP contribution >= 0.6 is 0 Å². The Morgan fingerprint density at radius 2 is 1.88 bits per heavy atom. The van der Waals surface area contributed by atoms with Crippen molar-refractivity contribution in [3.05, 3.63) is 36.0 Å². The summed E-state index contributed by atoms with van der Waals surface area (Å²) >= 11 is 0. The summed E-state index contributed by atoms with van der Waals surface area (Å²) < 4.78 is 0. The molecule has 3 rings (SSSR count). The van der Waals surface area contributed by atoms with Crippen LogP contribution in [0.5, 0.6) is 0 Å². The van der Waals surface area contributed by atoms with E-state index < -0.39 is 0 Å². The van der Waals surface area contributed by atoms with Crippen LogP contribution in [0.4, 0.5) is 23.1 Å². The molecule has 1 heterocycles. The number of anilines is 4. The molecule has 0 atom stereocenters. The van der Waals surface area contributed by atoms with Gasteiger partial charge in [-0.05, 0) is 38.0 Å². The maximum absolute atomic E-state index is 11.2. The van der Waals surface area contributed by atoms with Crippen LogP contribution in [0.15, 0.2) is 30.3 Å². The predicted octanol–water partition coefficient (Wildman–Crippen LogP) is 3.84. The van der Waals surface area contributed by atoms with E-state index in [1.807, 2.05) is 37.3 Å². The molecule has 1 amide bonds. The predicted molar refractivity (Wildman–Crippen MR) is 96.7 cm³/mol. The van der Waals surface area contributed by atoms with Crippen molar-refractivity contribution in [3.8, 4) is 0 Å². The number of hydrogen-bond acceptors (Lipinski definition) is 5. The average molecular weight is 325 g/mol. The normalized spacial score (nSPS) is 14.4. The van der Waals surface area contributed by atoms with Crippen molar-refractivity contribution in [2.75, 3.05) is 16.0 Å². The summed E-state index contributed by atoms with van der Waals surface area (Å²) in [5, 5.41) is 9.49. The zero-order chi connectivity index (χ0) is 16.9. The lowest BCUT2D eigenvalue weighted by atomic mass is 10.2. The van der Waals surface area contributed by atoms with Crippen LogP contribution in [-0.2, 0) is 4.79 Å². The van der Waals surface area contributed by atoms with Crippen LogP contribution in [0.2, 0.25) is 0 Å². The number of nitrogens with one attached hydrogen (secondary N) is 3. The second-order valence-electron chi connectivity index (χ2n) is 6.23. The van der Waals surface area contributed by atoms with Crippen LogP contribution in [0, 0.1) is 6.92 Å². The van der Waals surface area contributed by atoms with Crippen LogP contribution < -0.4 is 16.0 Å². The summed E-state index contributed by atoms with van der Waals surface area (Å²) in [6, 6.07) is 9.94. The van der Waals surface area contributed by atoms with Gasteiger partial charge in [0, 0.05) is 36.1 Å². The van der Waals surface area contributed by atoms with E-state index in [1.165, 1.54) is 32.6 Å². The molecule has 24 heavy (non-hydrogen) atoms. The number of rotatable bonds is 5. The molecular weight excluding hydrogens is 302 g/mol. The van der Waals surface area contributed by atoms with Crippen molar-refractivity contribution in [3.63, 3.8) is 0 Å². The first-order valence-corrected chi connectivity index (χ1v) is 8.35. The number of amides is 1. The molecule has 6 heteroatoms. The van der Waals surface area contributed by atoms with Gasteiger partial charge < -0.3 is 16.0 Å². The van der Waals surface area contributed by atoms with E-state index in [1.54, 1.807) is 0 Å². The minimum Gasteiger partial charge on any atom is -0.351 e. The number of carbonyl (C=O) groups is 1. The highest BCUT2D eigenvalue weighted by Gasteiger charge is 2.16. The van der Waals surface area contributed by atoms with E-state index in [9.17, 15) is 4.79 Å². The quantitative estimate of drug-likeness (QED) is 0.778. The maximum Gasteiger partial charge on any atom is 0.225 e. The molecular formula is C18H23N5O. The van der Waals surface area contributed by atoms with Crippen LogP contribution in [0.1, 0.15) is 38.3 Å². The Hall–Kier alpha value is -2.63. The Balaban J connectivity index is 1.74. The van der Waals surface area contributed by atoms with E-state index in [0.29, 0.717) is 12.0 Å². The molecule has 0 radical (unpaired) electrons. The molecule has 1 aliphatic rings. The van der Waals surface area contributed by atoms with Gasteiger partial charge in [-0.3, -0.25) is 4.79 Å². The van der Waals surface area contributed by atoms with E-state index in [0.717, 1.165) is 22.9 Å². The number of hydrogen-bond donors (Lipinski definition) is 3. The first kappa shape index (κ1) is 16.2. The Morgan fingerprint density at radius 1 is 1.12 bits per heavy atom. The summed E-state index contributed by atoms with van der Waals surface area (Å²) in [6.45, 7) is 3.45. The molecule has 1 fully saturated rings. The molecule has 1 aromatic carbocycles. The summed E-state index contributed by atoms with van der Waals surface area (Å²) in [6.07, 6.45) is 4.90.